The van der Waals surface area contributed by atoms with Crippen LogP contribution in [0.1, 0.15) is 33.3 Å². The maximum Gasteiger partial charge on any atom is 0.255 e. The van der Waals surface area contributed by atoms with Crippen molar-refractivity contribution in [3.63, 3.8) is 0 Å². The van der Waals surface area contributed by atoms with E-state index in [-0.39, 0.29) is 24.3 Å². The van der Waals surface area contributed by atoms with E-state index in [1.54, 1.807) is 48.7 Å². The Morgan fingerprint density at radius 3 is 2.47 bits per heavy atom. The number of amides is 2. The average molecular weight is 423 g/mol. The summed E-state index contributed by atoms with van der Waals surface area (Å²) in [7, 11) is 3.12. The van der Waals surface area contributed by atoms with Crippen LogP contribution in [-0.2, 0) is 11.3 Å². The van der Waals surface area contributed by atoms with Gasteiger partial charge in [-0.1, -0.05) is 24.3 Å². The van der Waals surface area contributed by atoms with Crippen LogP contribution in [0, 0.1) is 0 Å². The van der Waals surface area contributed by atoms with Crippen molar-refractivity contribution in [1.29, 1.82) is 0 Å². The lowest BCUT2D eigenvalue weighted by Crippen LogP contribution is -2.31. The number of benzene rings is 2. The number of carbonyl (C=O) groups excluding carboxylic acids is 2. The molecular weight excluding hydrogens is 400 g/mol. The third-order valence-electron chi connectivity index (χ3n) is 5.11. The van der Waals surface area contributed by atoms with Crippen molar-refractivity contribution in [2.75, 3.05) is 19.5 Å². The van der Waals surface area contributed by atoms with Gasteiger partial charge in [0.2, 0.25) is 5.91 Å². The minimum absolute atomic E-state index is 0.0418. The fourth-order valence-electron chi connectivity index (χ4n) is 3.64. The minimum Gasteiger partial charge on any atom is -0.497 e. The van der Waals surface area contributed by atoms with Gasteiger partial charge < -0.3 is 19.7 Å². The molecule has 2 amide bonds. The van der Waals surface area contributed by atoms with Crippen molar-refractivity contribution in [1.82, 2.24) is 4.90 Å². The van der Waals surface area contributed by atoms with E-state index in [9.17, 15) is 9.59 Å². The molecule has 1 N–H and O–H groups in total. The minimum atomic E-state index is -0.336. The Bertz CT molecular complexity index is 1040. The smallest absolute Gasteiger partial charge is 0.255 e. The van der Waals surface area contributed by atoms with Gasteiger partial charge in [0.25, 0.3) is 5.91 Å². The molecule has 30 heavy (non-hydrogen) atoms. The van der Waals surface area contributed by atoms with E-state index >= 15 is 0 Å². The molecule has 0 fully saturated rings. The zero-order valence-electron chi connectivity index (χ0n) is 16.8. The van der Waals surface area contributed by atoms with Gasteiger partial charge in [-0.2, -0.15) is 0 Å². The number of methoxy groups -OCH3 is 2. The van der Waals surface area contributed by atoms with Crippen molar-refractivity contribution >= 4 is 28.8 Å². The third-order valence-corrected chi connectivity index (χ3v) is 6.08. The molecule has 1 atom stereocenters. The lowest BCUT2D eigenvalue weighted by Gasteiger charge is -2.26. The molecule has 0 saturated carbocycles. The molecule has 1 aliphatic heterocycles. The normalized spacial score (nSPS) is 13.7. The zero-order chi connectivity index (χ0) is 21.1. The number of rotatable bonds is 7. The average Bonchev–Trinajstić information content (AvgIpc) is 3.40. The predicted molar refractivity (Wildman–Crippen MR) is 116 cm³/mol. The first-order valence-electron chi connectivity index (χ1n) is 9.54. The molecule has 2 aromatic carbocycles. The highest BCUT2D eigenvalue weighted by Gasteiger charge is 2.34. The molecule has 6 nitrogen and oxygen atoms in total. The first-order chi connectivity index (χ1) is 14.6. The molecule has 4 rings (SSSR count). The van der Waals surface area contributed by atoms with Crippen LogP contribution < -0.4 is 14.8 Å². The predicted octanol–water partition coefficient (Wildman–Crippen LogP) is 4.49. The summed E-state index contributed by atoms with van der Waals surface area (Å²) in [5.74, 6) is 0.946. The molecular formula is C23H22N2O4S. The van der Waals surface area contributed by atoms with Crippen molar-refractivity contribution in [3.05, 3.63) is 76.0 Å². The molecule has 0 bridgehead atoms. The number of nitrogens with one attached hydrogen (secondary N) is 1. The fourth-order valence-corrected chi connectivity index (χ4v) is 4.48. The summed E-state index contributed by atoms with van der Waals surface area (Å²) in [6, 6.07) is 16.4. The van der Waals surface area contributed by atoms with E-state index in [2.05, 4.69) is 5.32 Å². The molecule has 1 aliphatic rings. The fraction of sp³-hybridized carbons (Fsp3) is 0.217. The summed E-state index contributed by atoms with van der Waals surface area (Å²) in [4.78, 5) is 28.7. The SMILES string of the molecule is COc1cc(NC(=O)CC(c2cccs2)N2Cc3ccccc3C2=O)cc(OC)c1. The molecule has 0 saturated heterocycles. The second kappa shape index (κ2) is 8.59. The van der Waals surface area contributed by atoms with Gasteiger partial charge in [0, 0.05) is 40.9 Å². The maximum atomic E-state index is 13.0. The van der Waals surface area contributed by atoms with Gasteiger partial charge in [-0.25, -0.2) is 0 Å². The van der Waals surface area contributed by atoms with Crippen molar-refractivity contribution in [2.45, 2.75) is 19.0 Å². The van der Waals surface area contributed by atoms with Crippen LogP contribution in [-0.4, -0.2) is 30.9 Å². The molecule has 2 heterocycles. The molecule has 1 aromatic heterocycles. The molecule has 0 spiro atoms. The monoisotopic (exact) mass is 422 g/mol. The Balaban J connectivity index is 1.55. The van der Waals surface area contributed by atoms with E-state index in [1.165, 1.54) is 0 Å². The maximum absolute atomic E-state index is 13.0. The summed E-state index contributed by atoms with van der Waals surface area (Å²) < 4.78 is 10.5. The van der Waals surface area contributed by atoms with Gasteiger partial charge in [-0.05, 0) is 23.1 Å². The van der Waals surface area contributed by atoms with Crippen molar-refractivity contribution in [3.8, 4) is 11.5 Å². The molecule has 0 radical (unpaired) electrons. The molecule has 0 aliphatic carbocycles. The Labute approximate surface area is 179 Å². The van der Waals surface area contributed by atoms with Gasteiger partial charge in [0.05, 0.1) is 26.7 Å². The number of thiophene rings is 1. The third kappa shape index (κ3) is 4.02. The highest BCUT2D eigenvalue weighted by atomic mass is 32.1. The topological polar surface area (TPSA) is 67.9 Å². The van der Waals surface area contributed by atoms with Crippen molar-refractivity contribution in [2.24, 2.45) is 0 Å². The summed E-state index contributed by atoms with van der Waals surface area (Å²) in [5.41, 5.74) is 2.27. The second-order valence-corrected chi connectivity index (χ2v) is 7.95. The number of hydrogen-bond acceptors (Lipinski definition) is 5. The van der Waals surface area contributed by atoms with Gasteiger partial charge in [-0.15, -0.1) is 11.3 Å². The van der Waals surface area contributed by atoms with Crippen LogP contribution in [0.15, 0.2) is 60.0 Å². The van der Waals surface area contributed by atoms with Crippen molar-refractivity contribution < 1.29 is 19.1 Å². The molecule has 3 aromatic rings. The van der Waals surface area contributed by atoms with E-state index in [4.69, 9.17) is 9.47 Å². The number of anilines is 1. The Morgan fingerprint density at radius 2 is 1.83 bits per heavy atom. The standard InChI is InChI=1S/C23H22N2O4S/c1-28-17-10-16(11-18(12-17)29-2)24-22(26)13-20(21-8-5-9-30-21)25-14-15-6-3-4-7-19(15)23(25)27/h3-12,20H,13-14H2,1-2H3,(H,24,26). The van der Waals surface area contributed by atoms with E-state index in [0.29, 0.717) is 29.3 Å². The number of fused-ring (bicyclic) bond motifs is 1. The van der Waals surface area contributed by atoms with E-state index in [0.717, 1.165) is 10.4 Å². The number of hydrogen-bond donors (Lipinski definition) is 1. The van der Waals surface area contributed by atoms with Crippen LogP contribution in [0.5, 0.6) is 11.5 Å². The summed E-state index contributed by atoms with van der Waals surface area (Å²) in [6.45, 7) is 0.498. The molecule has 154 valence electrons. The van der Waals surface area contributed by atoms with Gasteiger partial charge >= 0.3 is 0 Å². The van der Waals surface area contributed by atoms with Gasteiger partial charge in [-0.3, -0.25) is 9.59 Å². The zero-order valence-corrected chi connectivity index (χ0v) is 17.6. The van der Waals surface area contributed by atoms with Crippen LogP contribution in [0.25, 0.3) is 0 Å². The van der Waals surface area contributed by atoms with Crippen LogP contribution in [0.4, 0.5) is 5.69 Å². The Hall–Kier alpha value is -3.32. The lowest BCUT2D eigenvalue weighted by molar-refractivity contribution is -0.117. The highest BCUT2D eigenvalue weighted by Crippen LogP contribution is 2.36. The van der Waals surface area contributed by atoms with Crippen LogP contribution >= 0.6 is 11.3 Å². The lowest BCUT2D eigenvalue weighted by atomic mass is 10.1. The second-order valence-electron chi connectivity index (χ2n) is 6.98. The highest BCUT2D eigenvalue weighted by molar-refractivity contribution is 7.10. The quantitative estimate of drug-likeness (QED) is 0.609. The Morgan fingerprint density at radius 1 is 1.10 bits per heavy atom. The van der Waals surface area contributed by atoms with Gasteiger partial charge in [0.15, 0.2) is 0 Å². The number of carbonyl (C=O) groups is 2. The molecule has 7 heteroatoms. The molecule has 1 unspecified atom stereocenters. The van der Waals surface area contributed by atoms with Gasteiger partial charge in [0.1, 0.15) is 11.5 Å². The van der Waals surface area contributed by atoms with Crippen LogP contribution in [0.3, 0.4) is 0 Å². The van der Waals surface area contributed by atoms with Crippen LogP contribution in [0.2, 0.25) is 0 Å². The summed E-state index contributed by atoms with van der Waals surface area (Å²) in [6.07, 6.45) is 0.153. The summed E-state index contributed by atoms with van der Waals surface area (Å²) >= 11 is 1.55. The number of ether oxygens (including phenoxy) is 2. The first kappa shape index (κ1) is 20.0. The Kier molecular flexibility index (Phi) is 5.72. The van der Waals surface area contributed by atoms with E-state index in [1.807, 2.05) is 41.8 Å². The van der Waals surface area contributed by atoms with E-state index < -0.39 is 0 Å². The summed E-state index contributed by atoms with van der Waals surface area (Å²) in [5, 5.41) is 4.87. The number of nitrogens with zero attached hydrogens (tertiary/aromatic N) is 1. The largest absolute Gasteiger partial charge is 0.497 e. The first-order valence-corrected chi connectivity index (χ1v) is 10.4.